The summed E-state index contributed by atoms with van der Waals surface area (Å²) in [6, 6.07) is 5.93. The maximum Gasteiger partial charge on any atom is 0.238 e. The fourth-order valence-corrected chi connectivity index (χ4v) is 3.71. The van der Waals surface area contributed by atoms with Gasteiger partial charge in [-0.05, 0) is 57.9 Å². The molecule has 1 aromatic heterocycles. The zero-order chi connectivity index (χ0) is 17.4. The van der Waals surface area contributed by atoms with Gasteiger partial charge < -0.3 is 10.3 Å². The van der Waals surface area contributed by atoms with Crippen LogP contribution in [0.4, 0.5) is 0 Å². The Morgan fingerprint density at radius 3 is 2.48 bits per heavy atom. The van der Waals surface area contributed by atoms with Crippen molar-refractivity contribution < 1.29 is 13.2 Å². The van der Waals surface area contributed by atoms with E-state index in [9.17, 15) is 13.2 Å². The topological polar surface area (TPSA) is 79.0 Å². The molecule has 126 valence electrons. The molecular weight excluding hydrogens is 312 g/mol. The summed E-state index contributed by atoms with van der Waals surface area (Å²) >= 11 is 0. The van der Waals surface area contributed by atoms with E-state index < -0.39 is 26.2 Å². The van der Waals surface area contributed by atoms with Crippen LogP contribution in [0.15, 0.2) is 18.2 Å². The van der Waals surface area contributed by atoms with Gasteiger partial charge in [-0.3, -0.25) is 4.79 Å². The highest BCUT2D eigenvalue weighted by molar-refractivity contribution is 7.93. The van der Waals surface area contributed by atoms with E-state index in [4.69, 9.17) is 0 Å². The molecule has 1 heterocycles. The lowest BCUT2D eigenvalue weighted by atomic mass is 10.1. The first-order valence-electron chi connectivity index (χ1n) is 7.72. The summed E-state index contributed by atoms with van der Waals surface area (Å²) < 4.78 is 24.1. The molecule has 0 saturated heterocycles. The van der Waals surface area contributed by atoms with E-state index in [1.807, 2.05) is 32.0 Å². The minimum Gasteiger partial charge on any atom is -0.358 e. The number of sulfone groups is 1. The summed E-state index contributed by atoms with van der Waals surface area (Å²) in [6.45, 7) is 9.00. The Balaban J connectivity index is 2.12. The molecule has 2 rings (SSSR count). The van der Waals surface area contributed by atoms with E-state index in [2.05, 4.69) is 10.3 Å². The number of fused-ring (bicyclic) bond motifs is 1. The average Bonchev–Trinajstić information content (AvgIpc) is 2.78. The summed E-state index contributed by atoms with van der Waals surface area (Å²) in [4.78, 5) is 15.4. The van der Waals surface area contributed by atoms with Gasteiger partial charge in [-0.1, -0.05) is 6.07 Å². The van der Waals surface area contributed by atoms with Crippen LogP contribution >= 0.6 is 0 Å². The number of aromatic nitrogens is 1. The van der Waals surface area contributed by atoms with Crippen LogP contribution < -0.4 is 5.32 Å². The smallest absolute Gasteiger partial charge is 0.238 e. The average molecular weight is 336 g/mol. The number of carbonyl (C=O) groups excluding carboxylic acids is 1. The molecule has 0 aliphatic rings. The molecule has 5 nitrogen and oxygen atoms in total. The van der Waals surface area contributed by atoms with Crippen LogP contribution in [0.3, 0.4) is 0 Å². The Hall–Kier alpha value is -1.82. The maximum absolute atomic E-state index is 12.1. The van der Waals surface area contributed by atoms with Gasteiger partial charge in [-0.25, -0.2) is 8.42 Å². The van der Waals surface area contributed by atoms with Gasteiger partial charge >= 0.3 is 0 Å². The summed E-state index contributed by atoms with van der Waals surface area (Å²) in [7, 11) is -3.44. The third-order valence-electron chi connectivity index (χ3n) is 4.36. The molecule has 6 heteroatoms. The molecule has 0 aliphatic heterocycles. The molecule has 2 aromatic rings. The van der Waals surface area contributed by atoms with Gasteiger partial charge in [-0.15, -0.1) is 0 Å². The van der Waals surface area contributed by atoms with Crippen LogP contribution in [-0.4, -0.2) is 29.8 Å². The standard InChI is InChI=1S/C17H24N2O3S/c1-10(2)23(21,22)13(5)17(20)18-9-14-6-7-16-15(8-14)11(3)12(4)19-16/h6-8,10,13,19H,9H2,1-5H3,(H,18,20)/t13-/m0/s1. The van der Waals surface area contributed by atoms with Crippen molar-refractivity contribution in [1.82, 2.24) is 10.3 Å². The van der Waals surface area contributed by atoms with E-state index in [1.54, 1.807) is 13.8 Å². The summed E-state index contributed by atoms with van der Waals surface area (Å²) in [5.74, 6) is -0.458. The van der Waals surface area contributed by atoms with Crippen molar-refractivity contribution in [2.24, 2.45) is 0 Å². The fourth-order valence-electron chi connectivity index (χ4n) is 2.51. The Kier molecular flexibility index (Phi) is 4.84. The van der Waals surface area contributed by atoms with Crippen molar-refractivity contribution in [3.05, 3.63) is 35.0 Å². The molecule has 0 unspecified atom stereocenters. The second-order valence-electron chi connectivity index (χ2n) is 6.25. The molecule has 0 fully saturated rings. The van der Waals surface area contributed by atoms with Crippen molar-refractivity contribution in [3.8, 4) is 0 Å². The van der Waals surface area contributed by atoms with E-state index >= 15 is 0 Å². The molecule has 0 aliphatic carbocycles. The minimum absolute atomic E-state index is 0.316. The molecule has 1 atom stereocenters. The lowest BCUT2D eigenvalue weighted by Gasteiger charge is -2.15. The third-order valence-corrected chi connectivity index (χ3v) is 6.87. The number of nitrogens with one attached hydrogen (secondary N) is 2. The van der Waals surface area contributed by atoms with Crippen molar-refractivity contribution in [2.45, 2.75) is 51.7 Å². The van der Waals surface area contributed by atoms with Crippen molar-refractivity contribution >= 4 is 26.6 Å². The van der Waals surface area contributed by atoms with Gasteiger partial charge in [0, 0.05) is 23.1 Å². The summed E-state index contributed by atoms with van der Waals surface area (Å²) in [5, 5.41) is 2.24. The maximum atomic E-state index is 12.1. The van der Waals surface area contributed by atoms with Gasteiger partial charge in [0.05, 0.1) is 5.25 Å². The normalized spacial score (nSPS) is 13.5. The number of aryl methyl sites for hydroxylation is 2. The predicted octanol–water partition coefficient (Wildman–Crippen LogP) is 2.61. The third kappa shape index (κ3) is 3.42. The summed E-state index contributed by atoms with van der Waals surface area (Å²) in [6.07, 6.45) is 0. The van der Waals surface area contributed by atoms with Crippen LogP contribution in [-0.2, 0) is 21.2 Å². The Bertz CT molecular complexity index is 835. The Labute approximate surface area is 137 Å². The molecule has 0 radical (unpaired) electrons. The minimum atomic E-state index is -3.44. The zero-order valence-electron chi connectivity index (χ0n) is 14.2. The van der Waals surface area contributed by atoms with Crippen LogP contribution in [0, 0.1) is 13.8 Å². The lowest BCUT2D eigenvalue weighted by Crippen LogP contribution is -2.40. The quantitative estimate of drug-likeness (QED) is 0.881. The van der Waals surface area contributed by atoms with Crippen LogP contribution in [0.25, 0.3) is 10.9 Å². The van der Waals surface area contributed by atoms with Crippen LogP contribution in [0.2, 0.25) is 0 Å². The highest BCUT2D eigenvalue weighted by Gasteiger charge is 2.30. The number of hydrogen-bond donors (Lipinski definition) is 2. The molecule has 0 spiro atoms. The molecule has 1 amide bonds. The van der Waals surface area contributed by atoms with Gasteiger partial charge in [0.1, 0.15) is 5.25 Å². The Morgan fingerprint density at radius 2 is 1.87 bits per heavy atom. The Morgan fingerprint density at radius 1 is 1.22 bits per heavy atom. The molecule has 0 saturated carbocycles. The van der Waals surface area contributed by atoms with Crippen LogP contribution in [0.1, 0.15) is 37.6 Å². The van der Waals surface area contributed by atoms with Crippen molar-refractivity contribution in [2.75, 3.05) is 0 Å². The van der Waals surface area contributed by atoms with Crippen molar-refractivity contribution in [3.63, 3.8) is 0 Å². The van der Waals surface area contributed by atoms with Crippen LogP contribution in [0.5, 0.6) is 0 Å². The van der Waals surface area contributed by atoms with Gasteiger partial charge in [0.2, 0.25) is 5.91 Å². The number of benzene rings is 1. The first-order valence-corrected chi connectivity index (χ1v) is 9.33. The number of rotatable bonds is 5. The molecule has 23 heavy (non-hydrogen) atoms. The first kappa shape index (κ1) is 17.5. The second-order valence-corrected chi connectivity index (χ2v) is 9.08. The largest absolute Gasteiger partial charge is 0.358 e. The molecular formula is C17H24N2O3S. The SMILES string of the molecule is Cc1[nH]c2ccc(CNC(=O)[C@H](C)S(=O)(=O)C(C)C)cc2c1C. The van der Waals surface area contributed by atoms with E-state index in [1.165, 1.54) is 12.5 Å². The highest BCUT2D eigenvalue weighted by Crippen LogP contribution is 2.22. The van der Waals surface area contributed by atoms with E-state index in [-0.39, 0.29) is 0 Å². The number of aromatic amines is 1. The number of H-pyrrole nitrogens is 1. The molecule has 0 bridgehead atoms. The highest BCUT2D eigenvalue weighted by atomic mass is 32.2. The number of carbonyl (C=O) groups is 1. The number of hydrogen-bond acceptors (Lipinski definition) is 3. The molecule has 1 aromatic carbocycles. The lowest BCUT2D eigenvalue weighted by molar-refractivity contribution is -0.120. The van der Waals surface area contributed by atoms with E-state index in [0.717, 1.165) is 22.2 Å². The monoisotopic (exact) mass is 336 g/mol. The fraction of sp³-hybridized carbons (Fsp3) is 0.471. The van der Waals surface area contributed by atoms with Gasteiger partial charge in [0.25, 0.3) is 0 Å². The number of amides is 1. The zero-order valence-corrected chi connectivity index (χ0v) is 15.0. The molecule has 2 N–H and O–H groups in total. The van der Waals surface area contributed by atoms with Crippen molar-refractivity contribution in [1.29, 1.82) is 0 Å². The predicted molar refractivity (Wildman–Crippen MR) is 93.1 cm³/mol. The van der Waals surface area contributed by atoms with E-state index in [0.29, 0.717) is 6.54 Å². The summed E-state index contributed by atoms with van der Waals surface area (Å²) in [5.41, 5.74) is 4.31. The second kappa shape index (κ2) is 6.35. The van der Waals surface area contributed by atoms with Gasteiger partial charge in [-0.2, -0.15) is 0 Å². The first-order chi connectivity index (χ1) is 10.6. The van der Waals surface area contributed by atoms with Gasteiger partial charge in [0.15, 0.2) is 9.84 Å².